The van der Waals surface area contributed by atoms with Gasteiger partial charge in [0.2, 0.25) is 0 Å². The molecule has 0 unspecified atom stereocenters. The normalized spacial score (nSPS) is 23.3. The molecule has 0 heterocycles. The predicted molar refractivity (Wildman–Crippen MR) is 90.8 cm³/mol. The minimum Gasteiger partial charge on any atom is -0.310 e. The quantitative estimate of drug-likeness (QED) is 0.716. The van der Waals surface area contributed by atoms with Crippen molar-refractivity contribution < 1.29 is 4.39 Å². The van der Waals surface area contributed by atoms with Gasteiger partial charge in [-0.1, -0.05) is 49.2 Å². The summed E-state index contributed by atoms with van der Waals surface area (Å²) in [5, 5.41) is 3.53. The first kappa shape index (κ1) is 17.0. The first-order valence-electron chi connectivity index (χ1n) is 8.09. The van der Waals surface area contributed by atoms with Gasteiger partial charge in [0.15, 0.2) is 0 Å². The third-order valence-electron chi connectivity index (χ3n) is 5.34. The number of benzene rings is 1. The van der Waals surface area contributed by atoms with Gasteiger partial charge in [0.05, 0.1) is 0 Å². The largest absolute Gasteiger partial charge is 0.310 e. The van der Waals surface area contributed by atoms with Gasteiger partial charge >= 0.3 is 0 Å². The van der Waals surface area contributed by atoms with Crippen LogP contribution in [0.15, 0.2) is 22.7 Å². The highest BCUT2D eigenvalue weighted by molar-refractivity contribution is 9.10. The zero-order chi connectivity index (χ0) is 15.5. The summed E-state index contributed by atoms with van der Waals surface area (Å²) in [6.07, 6.45) is 6.26. The van der Waals surface area contributed by atoms with E-state index in [9.17, 15) is 4.39 Å². The second-order valence-electron chi connectivity index (χ2n) is 7.01. The number of hydrogen-bond acceptors (Lipinski definition) is 1. The summed E-state index contributed by atoms with van der Waals surface area (Å²) in [5.41, 5.74) is 1.22. The Balaban J connectivity index is 1.81. The van der Waals surface area contributed by atoms with Crippen LogP contribution in [0.5, 0.6) is 0 Å². The average Bonchev–Trinajstić information content (AvgIpc) is 2.47. The van der Waals surface area contributed by atoms with Crippen molar-refractivity contribution in [2.75, 3.05) is 0 Å². The van der Waals surface area contributed by atoms with E-state index in [1.54, 1.807) is 0 Å². The molecule has 1 aromatic rings. The molecule has 1 N–H and O–H groups in total. The highest BCUT2D eigenvalue weighted by atomic mass is 79.9. The van der Waals surface area contributed by atoms with E-state index in [1.807, 2.05) is 12.1 Å². The zero-order valence-corrected chi connectivity index (χ0v) is 15.0. The van der Waals surface area contributed by atoms with E-state index in [0.29, 0.717) is 18.0 Å². The Bertz CT molecular complexity index is 464. The third-order valence-corrected chi connectivity index (χ3v) is 5.83. The van der Waals surface area contributed by atoms with Crippen LogP contribution in [0.25, 0.3) is 0 Å². The van der Waals surface area contributed by atoms with Gasteiger partial charge in [-0.25, -0.2) is 4.39 Å². The molecule has 0 radical (unpaired) electrons. The van der Waals surface area contributed by atoms with Crippen LogP contribution in [0, 0.1) is 17.2 Å². The van der Waals surface area contributed by atoms with Crippen molar-refractivity contribution in [1.82, 2.24) is 5.32 Å². The van der Waals surface area contributed by atoms with Crippen LogP contribution in [0.4, 0.5) is 4.39 Å². The van der Waals surface area contributed by atoms with Crippen LogP contribution >= 0.6 is 15.9 Å². The maximum Gasteiger partial charge on any atom is 0.128 e. The molecule has 0 bridgehead atoms. The van der Waals surface area contributed by atoms with Crippen molar-refractivity contribution in [3.63, 3.8) is 0 Å². The van der Waals surface area contributed by atoms with Gasteiger partial charge in [0, 0.05) is 22.6 Å². The molecule has 118 valence electrons. The molecule has 1 aliphatic rings. The summed E-state index contributed by atoms with van der Waals surface area (Å²) in [5.74, 6) is 0.711. The van der Waals surface area contributed by atoms with Gasteiger partial charge in [-0.05, 0) is 49.1 Å². The fourth-order valence-corrected chi connectivity index (χ4v) is 3.62. The monoisotopic (exact) mass is 355 g/mol. The molecule has 0 saturated heterocycles. The van der Waals surface area contributed by atoms with Crippen molar-refractivity contribution in [2.24, 2.45) is 11.3 Å². The lowest BCUT2D eigenvalue weighted by Gasteiger charge is -2.39. The van der Waals surface area contributed by atoms with Gasteiger partial charge in [-0.2, -0.15) is 0 Å². The van der Waals surface area contributed by atoms with E-state index >= 15 is 0 Å². The first-order valence-corrected chi connectivity index (χ1v) is 8.89. The van der Waals surface area contributed by atoms with Gasteiger partial charge in [0.25, 0.3) is 0 Å². The van der Waals surface area contributed by atoms with E-state index in [-0.39, 0.29) is 5.82 Å². The highest BCUT2D eigenvalue weighted by Crippen LogP contribution is 2.40. The number of halogens is 2. The second kappa shape index (κ2) is 7.23. The van der Waals surface area contributed by atoms with Crippen LogP contribution in [0.1, 0.15) is 58.4 Å². The molecule has 21 heavy (non-hydrogen) atoms. The lowest BCUT2D eigenvalue weighted by atomic mass is 9.69. The molecular weight excluding hydrogens is 329 g/mol. The topological polar surface area (TPSA) is 12.0 Å². The van der Waals surface area contributed by atoms with Crippen molar-refractivity contribution in [2.45, 2.75) is 65.5 Å². The fraction of sp³-hybridized carbons (Fsp3) is 0.667. The molecule has 2 rings (SSSR count). The third kappa shape index (κ3) is 4.53. The molecule has 0 amide bonds. The zero-order valence-electron chi connectivity index (χ0n) is 13.4. The Labute approximate surface area is 136 Å². The van der Waals surface area contributed by atoms with E-state index in [4.69, 9.17) is 0 Å². The van der Waals surface area contributed by atoms with E-state index in [2.05, 4.69) is 42.0 Å². The molecule has 0 spiro atoms. The fourth-order valence-electron chi connectivity index (χ4n) is 3.29. The average molecular weight is 356 g/mol. The summed E-state index contributed by atoms with van der Waals surface area (Å²) in [4.78, 5) is 0. The Morgan fingerprint density at radius 3 is 2.48 bits per heavy atom. The van der Waals surface area contributed by atoms with Crippen LogP contribution in [-0.2, 0) is 6.54 Å². The molecular formula is C18H27BrFN. The molecule has 3 heteroatoms. The standard InChI is InChI=1S/C18H27BrFN/c1-4-18(2,3)14-6-9-16(10-7-14)21-12-13-5-8-15(19)11-17(13)20/h5,8,11,14,16,21H,4,6-7,9-10,12H2,1-3H3. The number of rotatable bonds is 5. The molecule has 0 atom stereocenters. The van der Waals surface area contributed by atoms with Crippen LogP contribution < -0.4 is 5.32 Å². The van der Waals surface area contributed by atoms with Crippen LogP contribution in [0.3, 0.4) is 0 Å². The maximum atomic E-state index is 13.8. The molecule has 1 fully saturated rings. The summed E-state index contributed by atoms with van der Waals surface area (Å²) in [7, 11) is 0. The Morgan fingerprint density at radius 1 is 1.24 bits per heavy atom. The molecule has 1 nitrogen and oxygen atoms in total. The maximum absolute atomic E-state index is 13.8. The molecule has 1 saturated carbocycles. The Morgan fingerprint density at radius 2 is 1.90 bits per heavy atom. The summed E-state index contributed by atoms with van der Waals surface area (Å²) < 4.78 is 14.6. The van der Waals surface area contributed by atoms with E-state index in [0.717, 1.165) is 16.0 Å². The highest BCUT2D eigenvalue weighted by Gasteiger charge is 2.31. The SMILES string of the molecule is CCC(C)(C)C1CCC(NCc2ccc(Br)cc2F)CC1. The summed E-state index contributed by atoms with van der Waals surface area (Å²) >= 11 is 3.30. The van der Waals surface area contributed by atoms with Crippen molar-refractivity contribution in [1.29, 1.82) is 0 Å². The summed E-state index contributed by atoms with van der Waals surface area (Å²) in [6, 6.07) is 5.84. The lowest BCUT2D eigenvalue weighted by molar-refractivity contribution is 0.136. The summed E-state index contributed by atoms with van der Waals surface area (Å²) in [6.45, 7) is 7.71. The van der Waals surface area contributed by atoms with Crippen molar-refractivity contribution in [3.05, 3.63) is 34.1 Å². The molecule has 1 aromatic carbocycles. The molecule has 1 aliphatic carbocycles. The van der Waals surface area contributed by atoms with E-state index in [1.165, 1.54) is 38.2 Å². The minimum absolute atomic E-state index is 0.127. The second-order valence-corrected chi connectivity index (χ2v) is 7.92. The number of nitrogens with one attached hydrogen (secondary N) is 1. The van der Waals surface area contributed by atoms with E-state index < -0.39 is 0 Å². The number of hydrogen-bond donors (Lipinski definition) is 1. The van der Waals surface area contributed by atoms with Gasteiger partial charge < -0.3 is 5.32 Å². The predicted octanol–water partition coefficient (Wildman–Crippen LogP) is 5.67. The first-order chi connectivity index (χ1) is 9.92. The smallest absolute Gasteiger partial charge is 0.128 e. The van der Waals surface area contributed by atoms with Gasteiger partial charge in [0.1, 0.15) is 5.82 Å². The lowest BCUT2D eigenvalue weighted by Crippen LogP contribution is -2.36. The Kier molecular flexibility index (Phi) is 5.84. The van der Waals surface area contributed by atoms with Gasteiger partial charge in [-0.3, -0.25) is 0 Å². The van der Waals surface area contributed by atoms with Crippen molar-refractivity contribution >= 4 is 15.9 Å². The Hall–Kier alpha value is -0.410. The molecule has 0 aliphatic heterocycles. The molecule has 0 aromatic heterocycles. The van der Waals surface area contributed by atoms with Crippen LogP contribution in [0.2, 0.25) is 0 Å². The van der Waals surface area contributed by atoms with Crippen molar-refractivity contribution in [3.8, 4) is 0 Å². The minimum atomic E-state index is -0.127. The van der Waals surface area contributed by atoms with Crippen LogP contribution in [-0.4, -0.2) is 6.04 Å². The van der Waals surface area contributed by atoms with Gasteiger partial charge in [-0.15, -0.1) is 0 Å².